The average molecular weight is 206 g/mol. The first kappa shape index (κ1) is 9.98. The third-order valence-corrected chi connectivity index (χ3v) is 2.37. The zero-order valence-electron chi connectivity index (χ0n) is 8.45. The summed E-state index contributed by atoms with van der Waals surface area (Å²) in [6, 6.07) is 5.78. The Morgan fingerprint density at radius 2 is 2.27 bits per heavy atom. The van der Waals surface area contributed by atoms with Gasteiger partial charge in [-0.15, -0.1) is 0 Å². The van der Waals surface area contributed by atoms with Crippen molar-refractivity contribution < 1.29 is 9.53 Å². The molecule has 80 valence electrons. The molecule has 15 heavy (non-hydrogen) atoms. The number of para-hydroxylation sites is 1. The first-order chi connectivity index (χ1) is 7.31. The van der Waals surface area contributed by atoms with Crippen molar-refractivity contribution in [1.82, 2.24) is 0 Å². The number of rotatable bonds is 3. The van der Waals surface area contributed by atoms with Gasteiger partial charge in [0.15, 0.2) is 0 Å². The number of amides is 1. The van der Waals surface area contributed by atoms with Crippen molar-refractivity contribution in [3.8, 4) is 5.75 Å². The first-order valence-corrected chi connectivity index (χ1v) is 5.06. The summed E-state index contributed by atoms with van der Waals surface area (Å²) in [4.78, 5) is 11.3. The lowest BCUT2D eigenvalue weighted by atomic mass is 10.0. The summed E-state index contributed by atoms with van der Waals surface area (Å²) in [6.45, 7) is 0.934. The van der Waals surface area contributed by atoms with Crippen molar-refractivity contribution in [1.29, 1.82) is 0 Å². The normalized spacial score (nSPS) is 14.3. The van der Waals surface area contributed by atoms with Gasteiger partial charge in [0.1, 0.15) is 12.4 Å². The van der Waals surface area contributed by atoms with E-state index in [2.05, 4.69) is 5.32 Å². The lowest BCUT2D eigenvalue weighted by molar-refractivity contribution is -0.116. The molecular formula is C11H14N2O2. The molecule has 1 aromatic rings. The summed E-state index contributed by atoms with van der Waals surface area (Å²) in [5, 5.41) is 2.83. The van der Waals surface area contributed by atoms with Gasteiger partial charge in [0.05, 0.1) is 5.69 Å². The highest BCUT2D eigenvalue weighted by Crippen LogP contribution is 2.32. The molecule has 0 aromatic heterocycles. The molecule has 0 bridgehead atoms. The van der Waals surface area contributed by atoms with Crippen molar-refractivity contribution in [3.63, 3.8) is 0 Å². The van der Waals surface area contributed by atoms with Gasteiger partial charge >= 0.3 is 0 Å². The van der Waals surface area contributed by atoms with Gasteiger partial charge in [-0.25, -0.2) is 0 Å². The quantitative estimate of drug-likeness (QED) is 0.772. The SMILES string of the molecule is NCCOc1cccc2c1NC(=O)CC2. The largest absolute Gasteiger partial charge is 0.490 e. The third-order valence-electron chi connectivity index (χ3n) is 2.37. The molecule has 0 atom stereocenters. The maximum atomic E-state index is 11.3. The second-order valence-corrected chi connectivity index (χ2v) is 3.48. The van der Waals surface area contributed by atoms with E-state index in [1.807, 2.05) is 18.2 Å². The lowest BCUT2D eigenvalue weighted by Gasteiger charge is -2.19. The number of nitrogens with two attached hydrogens (primary N) is 1. The van der Waals surface area contributed by atoms with Crippen LogP contribution in [0.2, 0.25) is 0 Å². The minimum absolute atomic E-state index is 0.0475. The molecule has 1 heterocycles. The number of anilines is 1. The van der Waals surface area contributed by atoms with E-state index in [4.69, 9.17) is 10.5 Å². The minimum Gasteiger partial charge on any atom is -0.490 e. The molecule has 0 aliphatic carbocycles. The van der Waals surface area contributed by atoms with Crippen molar-refractivity contribution in [2.45, 2.75) is 12.8 Å². The zero-order valence-corrected chi connectivity index (χ0v) is 8.45. The van der Waals surface area contributed by atoms with Crippen molar-refractivity contribution >= 4 is 11.6 Å². The summed E-state index contributed by atoms with van der Waals surface area (Å²) in [6.07, 6.45) is 1.33. The van der Waals surface area contributed by atoms with Gasteiger partial charge in [-0.05, 0) is 18.1 Å². The molecule has 4 heteroatoms. The molecule has 4 nitrogen and oxygen atoms in total. The smallest absolute Gasteiger partial charge is 0.224 e. The summed E-state index contributed by atoms with van der Waals surface area (Å²) >= 11 is 0. The molecule has 2 rings (SSSR count). The van der Waals surface area contributed by atoms with Crippen molar-refractivity contribution in [2.24, 2.45) is 5.73 Å². The van der Waals surface area contributed by atoms with Crippen LogP contribution in [0.15, 0.2) is 18.2 Å². The minimum atomic E-state index is 0.0475. The lowest BCUT2D eigenvalue weighted by Crippen LogP contribution is -2.20. The highest BCUT2D eigenvalue weighted by atomic mass is 16.5. The van der Waals surface area contributed by atoms with Crippen molar-refractivity contribution in [3.05, 3.63) is 23.8 Å². The molecule has 0 spiro atoms. The van der Waals surface area contributed by atoms with E-state index in [0.29, 0.717) is 25.3 Å². The Morgan fingerprint density at radius 1 is 1.40 bits per heavy atom. The maximum Gasteiger partial charge on any atom is 0.224 e. The Balaban J connectivity index is 2.27. The van der Waals surface area contributed by atoms with E-state index in [9.17, 15) is 4.79 Å². The van der Waals surface area contributed by atoms with Crippen LogP contribution in [0, 0.1) is 0 Å². The van der Waals surface area contributed by atoms with Crippen LogP contribution in [-0.4, -0.2) is 19.1 Å². The third kappa shape index (κ3) is 2.10. The number of fused-ring (bicyclic) bond motifs is 1. The topological polar surface area (TPSA) is 64.3 Å². The van der Waals surface area contributed by atoms with Crippen LogP contribution >= 0.6 is 0 Å². The molecule has 0 unspecified atom stereocenters. The highest BCUT2D eigenvalue weighted by Gasteiger charge is 2.17. The number of hydrogen-bond acceptors (Lipinski definition) is 3. The van der Waals surface area contributed by atoms with Crippen LogP contribution in [0.5, 0.6) is 5.75 Å². The van der Waals surface area contributed by atoms with Gasteiger partial charge in [-0.2, -0.15) is 0 Å². The Bertz CT molecular complexity index is 377. The predicted octanol–water partition coefficient (Wildman–Crippen LogP) is 0.909. The molecule has 0 saturated heterocycles. The van der Waals surface area contributed by atoms with Crippen LogP contribution < -0.4 is 15.8 Å². The number of carbonyl (C=O) groups is 1. The number of nitrogens with one attached hydrogen (secondary N) is 1. The number of aryl methyl sites for hydroxylation is 1. The summed E-state index contributed by atoms with van der Waals surface area (Å²) in [5.74, 6) is 0.761. The monoisotopic (exact) mass is 206 g/mol. The molecule has 3 N–H and O–H groups in total. The molecule has 1 aromatic carbocycles. The zero-order chi connectivity index (χ0) is 10.7. The van der Waals surface area contributed by atoms with E-state index in [1.165, 1.54) is 0 Å². The summed E-state index contributed by atoms with van der Waals surface area (Å²) < 4.78 is 5.46. The summed E-state index contributed by atoms with van der Waals surface area (Å²) in [7, 11) is 0. The fourth-order valence-corrected chi connectivity index (χ4v) is 1.67. The number of ether oxygens (including phenoxy) is 1. The van der Waals surface area contributed by atoms with Crippen LogP contribution in [-0.2, 0) is 11.2 Å². The van der Waals surface area contributed by atoms with Crippen LogP contribution in [0.1, 0.15) is 12.0 Å². The second-order valence-electron chi connectivity index (χ2n) is 3.48. The first-order valence-electron chi connectivity index (χ1n) is 5.06. The number of hydrogen-bond donors (Lipinski definition) is 2. The molecule has 1 aliphatic heterocycles. The molecular weight excluding hydrogens is 192 g/mol. The van der Waals surface area contributed by atoms with Gasteiger partial charge < -0.3 is 15.8 Å². The van der Waals surface area contributed by atoms with Gasteiger partial charge in [-0.1, -0.05) is 12.1 Å². The molecule has 0 fully saturated rings. The fraction of sp³-hybridized carbons (Fsp3) is 0.364. The van der Waals surface area contributed by atoms with Crippen molar-refractivity contribution in [2.75, 3.05) is 18.5 Å². The van der Waals surface area contributed by atoms with Gasteiger partial charge in [0, 0.05) is 13.0 Å². The van der Waals surface area contributed by atoms with Crippen LogP contribution in [0.25, 0.3) is 0 Å². The van der Waals surface area contributed by atoms with E-state index >= 15 is 0 Å². The Morgan fingerprint density at radius 3 is 3.07 bits per heavy atom. The van der Waals surface area contributed by atoms with E-state index in [-0.39, 0.29) is 5.91 Å². The highest BCUT2D eigenvalue weighted by molar-refractivity contribution is 5.95. The number of carbonyl (C=O) groups excluding carboxylic acids is 1. The van der Waals surface area contributed by atoms with E-state index in [0.717, 1.165) is 17.7 Å². The van der Waals surface area contributed by atoms with E-state index < -0.39 is 0 Å². The Hall–Kier alpha value is -1.55. The maximum absolute atomic E-state index is 11.3. The standard InChI is InChI=1S/C11H14N2O2/c12-6-7-15-9-3-1-2-8-4-5-10(14)13-11(8)9/h1-3H,4-7,12H2,(H,13,14). The van der Waals surface area contributed by atoms with Gasteiger partial charge in [0.2, 0.25) is 5.91 Å². The summed E-state index contributed by atoms with van der Waals surface area (Å²) in [5.41, 5.74) is 7.30. The van der Waals surface area contributed by atoms with E-state index in [1.54, 1.807) is 0 Å². The van der Waals surface area contributed by atoms with Gasteiger partial charge in [-0.3, -0.25) is 4.79 Å². The average Bonchev–Trinajstić information content (AvgIpc) is 2.26. The second kappa shape index (κ2) is 4.31. The predicted molar refractivity (Wildman–Crippen MR) is 57.9 cm³/mol. The van der Waals surface area contributed by atoms with Gasteiger partial charge in [0.25, 0.3) is 0 Å². The van der Waals surface area contributed by atoms with Crippen LogP contribution in [0.3, 0.4) is 0 Å². The molecule has 0 radical (unpaired) electrons. The molecule has 0 saturated carbocycles. The number of benzene rings is 1. The fourth-order valence-electron chi connectivity index (χ4n) is 1.67. The Labute approximate surface area is 88.4 Å². The molecule has 1 aliphatic rings. The Kier molecular flexibility index (Phi) is 2.87. The van der Waals surface area contributed by atoms with Crippen LogP contribution in [0.4, 0.5) is 5.69 Å². The molecule has 1 amide bonds.